The van der Waals surface area contributed by atoms with Gasteiger partial charge in [-0.15, -0.1) is 0 Å². The summed E-state index contributed by atoms with van der Waals surface area (Å²) >= 11 is 0. The Hall–Kier alpha value is -2.70. The van der Waals surface area contributed by atoms with Crippen molar-refractivity contribution in [3.05, 3.63) is 78.5 Å². The number of hydrogen-bond donors (Lipinski definition) is 0. The number of benzene rings is 2. The van der Waals surface area contributed by atoms with Crippen LogP contribution in [0.15, 0.2) is 77.7 Å². The van der Waals surface area contributed by atoms with Crippen molar-refractivity contribution in [3.8, 4) is 11.1 Å². The van der Waals surface area contributed by atoms with Crippen LogP contribution in [0.25, 0.3) is 11.1 Å². The molecule has 1 aliphatic heterocycles. The molecule has 0 amide bonds. The normalized spacial score (nSPS) is 15.5. The SMILES string of the molecule is Cc1cccc(N2CCN(S(=O)(=O)c3ccc(-c4ccccc4)cc3)CC2)n1. The van der Waals surface area contributed by atoms with Crippen molar-refractivity contribution in [1.29, 1.82) is 0 Å². The van der Waals surface area contributed by atoms with E-state index in [0.717, 1.165) is 22.6 Å². The molecular weight excluding hydrogens is 370 g/mol. The number of sulfonamides is 1. The van der Waals surface area contributed by atoms with Gasteiger partial charge in [0.15, 0.2) is 0 Å². The molecule has 0 atom stereocenters. The first-order chi connectivity index (χ1) is 13.5. The minimum Gasteiger partial charge on any atom is -0.354 e. The summed E-state index contributed by atoms with van der Waals surface area (Å²) in [5.41, 5.74) is 3.05. The fourth-order valence-corrected chi connectivity index (χ4v) is 4.88. The molecule has 1 fully saturated rings. The molecule has 2 heterocycles. The standard InChI is InChI=1S/C22H23N3O2S/c1-18-6-5-9-22(23-18)24-14-16-25(17-15-24)28(26,27)21-12-10-20(11-13-21)19-7-3-2-4-8-19/h2-13H,14-17H2,1H3. The van der Waals surface area contributed by atoms with Gasteiger partial charge in [0, 0.05) is 31.9 Å². The lowest BCUT2D eigenvalue weighted by atomic mass is 10.1. The highest BCUT2D eigenvalue weighted by atomic mass is 32.2. The highest BCUT2D eigenvalue weighted by Crippen LogP contribution is 2.24. The second kappa shape index (κ2) is 7.73. The van der Waals surface area contributed by atoms with Gasteiger partial charge in [-0.3, -0.25) is 0 Å². The van der Waals surface area contributed by atoms with E-state index in [1.165, 1.54) is 0 Å². The van der Waals surface area contributed by atoms with Crippen LogP contribution in [0, 0.1) is 6.92 Å². The van der Waals surface area contributed by atoms with E-state index in [1.54, 1.807) is 16.4 Å². The summed E-state index contributed by atoms with van der Waals surface area (Å²) in [6, 6.07) is 23.0. The summed E-state index contributed by atoms with van der Waals surface area (Å²) in [6.45, 7) is 4.15. The summed E-state index contributed by atoms with van der Waals surface area (Å²) in [7, 11) is -3.49. The Bertz CT molecular complexity index is 1040. The van der Waals surface area contributed by atoms with Crippen LogP contribution in [0.3, 0.4) is 0 Å². The number of piperazine rings is 1. The van der Waals surface area contributed by atoms with Crippen molar-refractivity contribution in [3.63, 3.8) is 0 Å². The minimum atomic E-state index is -3.49. The van der Waals surface area contributed by atoms with Crippen LogP contribution in [0.2, 0.25) is 0 Å². The van der Waals surface area contributed by atoms with Gasteiger partial charge < -0.3 is 4.90 Å². The molecular formula is C22H23N3O2S. The van der Waals surface area contributed by atoms with Crippen molar-refractivity contribution in [1.82, 2.24) is 9.29 Å². The molecule has 5 nitrogen and oxygen atoms in total. The lowest BCUT2D eigenvalue weighted by Crippen LogP contribution is -2.48. The predicted octanol–water partition coefficient (Wildman–Crippen LogP) is 3.57. The van der Waals surface area contributed by atoms with Crippen LogP contribution in [0.5, 0.6) is 0 Å². The lowest BCUT2D eigenvalue weighted by molar-refractivity contribution is 0.384. The second-order valence-electron chi connectivity index (χ2n) is 6.92. The van der Waals surface area contributed by atoms with Gasteiger partial charge in [0.1, 0.15) is 5.82 Å². The summed E-state index contributed by atoms with van der Waals surface area (Å²) in [5.74, 6) is 0.907. The van der Waals surface area contributed by atoms with Crippen molar-refractivity contribution in [2.75, 3.05) is 31.1 Å². The molecule has 0 unspecified atom stereocenters. The first-order valence-corrected chi connectivity index (χ1v) is 10.8. The van der Waals surface area contributed by atoms with Crippen LogP contribution in [-0.2, 0) is 10.0 Å². The number of nitrogens with zero attached hydrogens (tertiary/aromatic N) is 3. The Morgan fingerprint density at radius 3 is 2.04 bits per heavy atom. The molecule has 1 saturated heterocycles. The van der Waals surface area contributed by atoms with Crippen LogP contribution in [0.4, 0.5) is 5.82 Å². The van der Waals surface area contributed by atoms with Gasteiger partial charge >= 0.3 is 0 Å². The average molecular weight is 394 g/mol. The Labute approximate surface area is 166 Å². The molecule has 0 aliphatic carbocycles. The van der Waals surface area contributed by atoms with E-state index >= 15 is 0 Å². The summed E-state index contributed by atoms with van der Waals surface area (Å²) < 4.78 is 27.6. The summed E-state index contributed by atoms with van der Waals surface area (Å²) in [6.07, 6.45) is 0. The van der Waals surface area contributed by atoms with Gasteiger partial charge in [-0.1, -0.05) is 48.5 Å². The van der Waals surface area contributed by atoms with E-state index in [1.807, 2.05) is 67.6 Å². The smallest absolute Gasteiger partial charge is 0.243 e. The minimum absolute atomic E-state index is 0.342. The zero-order valence-corrected chi connectivity index (χ0v) is 16.6. The largest absolute Gasteiger partial charge is 0.354 e. The van der Waals surface area contributed by atoms with E-state index in [9.17, 15) is 8.42 Å². The molecule has 2 aromatic carbocycles. The Morgan fingerprint density at radius 2 is 1.39 bits per heavy atom. The average Bonchev–Trinajstić information content (AvgIpc) is 2.74. The van der Waals surface area contributed by atoms with Gasteiger partial charge in [-0.05, 0) is 42.3 Å². The molecule has 0 bridgehead atoms. The Morgan fingerprint density at radius 1 is 0.750 bits per heavy atom. The van der Waals surface area contributed by atoms with Crippen LogP contribution in [0.1, 0.15) is 5.69 Å². The molecule has 0 radical (unpaired) electrons. The van der Waals surface area contributed by atoms with E-state index in [4.69, 9.17) is 0 Å². The molecule has 1 aromatic heterocycles. The maximum atomic E-state index is 13.0. The van der Waals surface area contributed by atoms with Crippen molar-refractivity contribution < 1.29 is 8.42 Å². The molecule has 4 rings (SSSR count). The van der Waals surface area contributed by atoms with Gasteiger partial charge in [0.2, 0.25) is 10.0 Å². The topological polar surface area (TPSA) is 53.5 Å². The van der Waals surface area contributed by atoms with Crippen molar-refractivity contribution in [2.24, 2.45) is 0 Å². The van der Waals surface area contributed by atoms with E-state index in [0.29, 0.717) is 31.1 Å². The maximum Gasteiger partial charge on any atom is 0.243 e. The summed E-state index contributed by atoms with van der Waals surface area (Å²) in [4.78, 5) is 7.02. The molecule has 0 saturated carbocycles. The van der Waals surface area contributed by atoms with Gasteiger partial charge in [0.25, 0.3) is 0 Å². The molecule has 28 heavy (non-hydrogen) atoms. The van der Waals surface area contributed by atoms with E-state index in [2.05, 4.69) is 9.88 Å². The number of aromatic nitrogens is 1. The van der Waals surface area contributed by atoms with Gasteiger partial charge in [-0.2, -0.15) is 4.31 Å². The zero-order chi connectivity index (χ0) is 19.6. The summed E-state index contributed by atoms with van der Waals surface area (Å²) in [5, 5.41) is 0. The molecule has 1 aliphatic rings. The highest BCUT2D eigenvalue weighted by Gasteiger charge is 2.28. The van der Waals surface area contributed by atoms with E-state index in [-0.39, 0.29) is 0 Å². The van der Waals surface area contributed by atoms with Crippen LogP contribution in [-0.4, -0.2) is 43.9 Å². The fourth-order valence-electron chi connectivity index (χ4n) is 3.46. The van der Waals surface area contributed by atoms with Gasteiger partial charge in [-0.25, -0.2) is 13.4 Å². The van der Waals surface area contributed by atoms with Crippen molar-refractivity contribution >= 4 is 15.8 Å². The first kappa shape index (κ1) is 18.7. The predicted molar refractivity (Wildman–Crippen MR) is 112 cm³/mol. The fraction of sp³-hybridized carbons (Fsp3) is 0.227. The molecule has 3 aromatic rings. The quantitative estimate of drug-likeness (QED) is 0.680. The molecule has 6 heteroatoms. The van der Waals surface area contributed by atoms with Crippen molar-refractivity contribution in [2.45, 2.75) is 11.8 Å². The third kappa shape index (κ3) is 3.79. The number of pyridine rings is 1. The molecule has 0 spiro atoms. The lowest BCUT2D eigenvalue weighted by Gasteiger charge is -2.34. The van der Waals surface area contributed by atoms with Crippen LogP contribution < -0.4 is 4.90 Å². The first-order valence-electron chi connectivity index (χ1n) is 9.38. The number of hydrogen-bond acceptors (Lipinski definition) is 4. The third-order valence-electron chi connectivity index (χ3n) is 5.04. The molecule has 144 valence electrons. The number of anilines is 1. The number of rotatable bonds is 4. The van der Waals surface area contributed by atoms with Crippen LogP contribution >= 0.6 is 0 Å². The van der Waals surface area contributed by atoms with E-state index < -0.39 is 10.0 Å². The monoisotopic (exact) mass is 393 g/mol. The second-order valence-corrected chi connectivity index (χ2v) is 8.86. The Kier molecular flexibility index (Phi) is 5.15. The molecule has 0 N–H and O–H groups in total. The zero-order valence-electron chi connectivity index (χ0n) is 15.8. The highest BCUT2D eigenvalue weighted by molar-refractivity contribution is 7.89. The maximum absolute atomic E-state index is 13.0. The number of aryl methyl sites for hydroxylation is 1. The third-order valence-corrected chi connectivity index (χ3v) is 6.95. The Balaban J connectivity index is 1.47. The van der Waals surface area contributed by atoms with Gasteiger partial charge in [0.05, 0.1) is 4.90 Å².